The molecule has 9 heteroatoms. The Hall–Kier alpha value is -2.97. The molecule has 0 spiro atoms. The lowest BCUT2D eigenvalue weighted by molar-refractivity contribution is 0.281. The van der Waals surface area contributed by atoms with Crippen LogP contribution >= 0.6 is 11.6 Å². The molecule has 0 saturated carbocycles. The summed E-state index contributed by atoms with van der Waals surface area (Å²) in [6.07, 6.45) is 5.44. The van der Waals surface area contributed by atoms with Gasteiger partial charge in [-0.3, -0.25) is 4.68 Å². The SMILES string of the molecule is C[C@H](CO)Nc1nc2c(-c3cnn(C)c3)nc(-c3ccc(Cl)cc3)cn2n1. The van der Waals surface area contributed by atoms with Gasteiger partial charge in [-0.05, 0) is 19.1 Å². The molecule has 0 bridgehead atoms. The molecule has 3 heterocycles. The second kappa shape index (κ2) is 6.98. The highest BCUT2D eigenvalue weighted by Gasteiger charge is 2.16. The molecule has 0 amide bonds. The van der Waals surface area contributed by atoms with Gasteiger partial charge in [0.25, 0.3) is 0 Å². The lowest BCUT2D eigenvalue weighted by Crippen LogP contribution is -2.20. The number of rotatable bonds is 5. The van der Waals surface area contributed by atoms with E-state index in [0.717, 1.165) is 16.8 Å². The minimum Gasteiger partial charge on any atom is -0.394 e. The fourth-order valence-electron chi connectivity index (χ4n) is 2.71. The molecule has 1 aromatic carbocycles. The lowest BCUT2D eigenvalue weighted by Gasteiger charge is -2.06. The van der Waals surface area contributed by atoms with Gasteiger partial charge in [-0.15, -0.1) is 5.10 Å². The zero-order valence-corrected chi connectivity index (χ0v) is 15.6. The first kappa shape index (κ1) is 17.4. The van der Waals surface area contributed by atoms with Gasteiger partial charge >= 0.3 is 0 Å². The number of nitrogens with one attached hydrogen (secondary N) is 1. The molecule has 4 aromatic rings. The van der Waals surface area contributed by atoms with E-state index >= 15 is 0 Å². The molecule has 0 aliphatic carbocycles. The van der Waals surface area contributed by atoms with Gasteiger partial charge in [-0.1, -0.05) is 23.7 Å². The Balaban J connectivity index is 1.89. The molecule has 0 unspecified atom stereocenters. The number of anilines is 1. The van der Waals surface area contributed by atoms with Crippen molar-refractivity contribution in [1.29, 1.82) is 0 Å². The number of aromatic nitrogens is 6. The maximum atomic E-state index is 9.26. The van der Waals surface area contributed by atoms with Crippen LogP contribution in [-0.2, 0) is 7.05 Å². The number of halogens is 1. The molecule has 1 atom stereocenters. The number of fused-ring (bicyclic) bond motifs is 1. The van der Waals surface area contributed by atoms with E-state index in [1.807, 2.05) is 50.6 Å². The monoisotopic (exact) mass is 383 g/mol. The normalized spacial score (nSPS) is 12.4. The van der Waals surface area contributed by atoms with Gasteiger partial charge in [0, 0.05) is 35.4 Å². The van der Waals surface area contributed by atoms with Gasteiger partial charge in [0.15, 0.2) is 5.65 Å². The third-order valence-electron chi connectivity index (χ3n) is 4.09. The van der Waals surface area contributed by atoms with Crippen molar-refractivity contribution in [2.24, 2.45) is 7.05 Å². The first-order chi connectivity index (χ1) is 13.0. The number of benzene rings is 1. The highest BCUT2D eigenvalue weighted by molar-refractivity contribution is 6.30. The summed E-state index contributed by atoms with van der Waals surface area (Å²) in [5.41, 5.74) is 3.78. The number of hydrogen-bond acceptors (Lipinski definition) is 6. The minimum atomic E-state index is -0.159. The Kier molecular flexibility index (Phi) is 4.51. The zero-order valence-electron chi connectivity index (χ0n) is 14.8. The van der Waals surface area contributed by atoms with Crippen molar-refractivity contribution >= 4 is 23.2 Å². The number of nitrogens with zero attached hydrogens (tertiary/aromatic N) is 6. The summed E-state index contributed by atoms with van der Waals surface area (Å²) in [6.45, 7) is 1.84. The van der Waals surface area contributed by atoms with Crippen LogP contribution < -0.4 is 5.32 Å². The highest BCUT2D eigenvalue weighted by atomic mass is 35.5. The molecule has 0 aliphatic rings. The van der Waals surface area contributed by atoms with Crippen LogP contribution in [-0.4, -0.2) is 47.1 Å². The number of hydrogen-bond donors (Lipinski definition) is 2. The molecular weight excluding hydrogens is 366 g/mol. The van der Waals surface area contributed by atoms with Crippen LogP contribution in [0.1, 0.15) is 6.92 Å². The van der Waals surface area contributed by atoms with Crippen LogP contribution in [0.25, 0.3) is 28.2 Å². The van der Waals surface area contributed by atoms with E-state index in [1.165, 1.54) is 0 Å². The Morgan fingerprint density at radius 2 is 1.93 bits per heavy atom. The largest absolute Gasteiger partial charge is 0.394 e. The molecule has 8 nitrogen and oxygen atoms in total. The maximum Gasteiger partial charge on any atom is 0.243 e. The summed E-state index contributed by atoms with van der Waals surface area (Å²) in [5, 5.41) is 21.7. The molecule has 3 aromatic heterocycles. The zero-order chi connectivity index (χ0) is 19.0. The summed E-state index contributed by atoms with van der Waals surface area (Å²) < 4.78 is 3.40. The van der Waals surface area contributed by atoms with E-state index in [4.69, 9.17) is 16.6 Å². The van der Waals surface area contributed by atoms with Gasteiger partial charge in [0.1, 0.15) is 5.69 Å². The van der Waals surface area contributed by atoms with Crippen LogP contribution in [0.3, 0.4) is 0 Å². The Bertz CT molecular complexity index is 1090. The maximum absolute atomic E-state index is 9.26. The van der Waals surface area contributed by atoms with Crippen molar-refractivity contribution in [1.82, 2.24) is 29.4 Å². The summed E-state index contributed by atoms with van der Waals surface area (Å²) >= 11 is 6.00. The van der Waals surface area contributed by atoms with Crippen LogP contribution in [0.15, 0.2) is 42.9 Å². The topological polar surface area (TPSA) is 93.2 Å². The fourth-order valence-corrected chi connectivity index (χ4v) is 2.84. The van der Waals surface area contributed by atoms with Crippen LogP contribution in [0.4, 0.5) is 5.95 Å². The molecule has 4 rings (SSSR count). The van der Waals surface area contributed by atoms with Crippen LogP contribution in [0, 0.1) is 0 Å². The Morgan fingerprint density at radius 3 is 2.59 bits per heavy atom. The molecule has 138 valence electrons. The first-order valence-corrected chi connectivity index (χ1v) is 8.81. The van der Waals surface area contributed by atoms with Gasteiger partial charge < -0.3 is 10.4 Å². The van der Waals surface area contributed by atoms with E-state index in [1.54, 1.807) is 15.4 Å². The van der Waals surface area contributed by atoms with E-state index < -0.39 is 0 Å². The van der Waals surface area contributed by atoms with E-state index in [9.17, 15) is 5.11 Å². The second-order valence-electron chi connectivity index (χ2n) is 6.32. The minimum absolute atomic E-state index is 0.0146. The molecule has 27 heavy (non-hydrogen) atoms. The summed E-state index contributed by atoms with van der Waals surface area (Å²) in [7, 11) is 1.85. The van der Waals surface area contributed by atoms with Crippen molar-refractivity contribution in [2.45, 2.75) is 13.0 Å². The Morgan fingerprint density at radius 1 is 1.15 bits per heavy atom. The average Bonchev–Trinajstić information content (AvgIpc) is 3.27. The Labute approximate surface area is 160 Å². The number of aryl methyl sites for hydroxylation is 1. The quantitative estimate of drug-likeness (QED) is 0.550. The van der Waals surface area contributed by atoms with E-state index in [2.05, 4.69) is 20.5 Å². The van der Waals surface area contributed by atoms with Gasteiger partial charge in [-0.25, -0.2) is 9.50 Å². The van der Waals surface area contributed by atoms with Gasteiger partial charge in [-0.2, -0.15) is 10.1 Å². The fraction of sp³-hybridized carbons (Fsp3) is 0.222. The molecule has 0 fully saturated rings. The van der Waals surface area contributed by atoms with Gasteiger partial charge in [0.2, 0.25) is 5.95 Å². The lowest BCUT2D eigenvalue weighted by atomic mass is 10.1. The number of aliphatic hydroxyl groups is 1. The standard InChI is InChI=1S/C18H18ClN7O/c1-11(10-27)21-18-23-17-16(13-7-20-25(2)8-13)22-15(9-26(17)24-18)12-3-5-14(19)6-4-12/h3-9,11,27H,10H2,1-2H3,(H,21,24)/t11-/m1/s1. The van der Waals surface area contributed by atoms with Crippen molar-refractivity contribution in [2.75, 3.05) is 11.9 Å². The predicted molar refractivity (Wildman–Crippen MR) is 104 cm³/mol. The third-order valence-corrected chi connectivity index (χ3v) is 4.34. The number of aliphatic hydroxyl groups excluding tert-OH is 1. The first-order valence-electron chi connectivity index (χ1n) is 8.43. The van der Waals surface area contributed by atoms with Crippen molar-refractivity contribution in [3.63, 3.8) is 0 Å². The summed E-state index contributed by atoms with van der Waals surface area (Å²) in [4.78, 5) is 9.34. The summed E-state index contributed by atoms with van der Waals surface area (Å²) in [6, 6.07) is 7.31. The molecule has 0 saturated heterocycles. The molecule has 0 aliphatic heterocycles. The third kappa shape index (κ3) is 3.49. The van der Waals surface area contributed by atoms with Gasteiger partial charge in [0.05, 0.1) is 24.7 Å². The molecule has 2 N–H and O–H groups in total. The highest BCUT2D eigenvalue weighted by Crippen LogP contribution is 2.27. The van der Waals surface area contributed by atoms with E-state index in [0.29, 0.717) is 22.3 Å². The average molecular weight is 384 g/mol. The molecular formula is C18H18ClN7O. The van der Waals surface area contributed by atoms with Crippen molar-refractivity contribution in [3.8, 4) is 22.5 Å². The van der Waals surface area contributed by atoms with Crippen molar-refractivity contribution < 1.29 is 5.11 Å². The van der Waals surface area contributed by atoms with E-state index in [-0.39, 0.29) is 12.6 Å². The summed E-state index contributed by atoms with van der Waals surface area (Å²) in [5.74, 6) is 0.428. The smallest absolute Gasteiger partial charge is 0.243 e. The van der Waals surface area contributed by atoms with Crippen LogP contribution in [0.2, 0.25) is 5.02 Å². The second-order valence-corrected chi connectivity index (χ2v) is 6.75. The van der Waals surface area contributed by atoms with Crippen molar-refractivity contribution in [3.05, 3.63) is 47.9 Å². The molecule has 0 radical (unpaired) electrons. The predicted octanol–water partition coefficient (Wildman–Crippen LogP) is 2.64. The van der Waals surface area contributed by atoms with Crippen LogP contribution in [0.5, 0.6) is 0 Å².